The van der Waals surface area contributed by atoms with E-state index in [0.717, 1.165) is 23.5 Å². The maximum atomic E-state index is 13.8. The van der Waals surface area contributed by atoms with Gasteiger partial charge in [-0.05, 0) is 18.1 Å². The van der Waals surface area contributed by atoms with Crippen molar-refractivity contribution in [1.29, 1.82) is 0 Å². The number of carbonyl (C=O) groups is 1. The monoisotopic (exact) mass is 297 g/mol. The van der Waals surface area contributed by atoms with Gasteiger partial charge in [0, 0.05) is 0 Å². The minimum Gasteiger partial charge on any atom is -0.289 e. The van der Waals surface area contributed by atoms with E-state index in [1.807, 2.05) is 19.3 Å². The van der Waals surface area contributed by atoms with Crippen LogP contribution in [0.2, 0.25) is 0 Å². The first-order valence-corrected chi connectivity index (χ1v) is 6.73. The summed E-state index contributed by atoms with van der Waals surface area (Å²) in [5.41, 5.74) is 2.26. The number of carbonyl (C=O) groups excluding carboxylic acids is 1. The third-order valence-corrected chi connectivity index (χ3v) is 3.80. The molecule has 0 spiro atoms. The number of rotatable bonds is 3. The molecule has 1 aromatic heterocycles. The molecule has 20 heavy (non-hydrogen) atoms. The number of nitrogens with one attached hydrogen (secondary N) is 1. The highest BCUT2D eigenvalue weighted by Crippen LogP contribution is 2.34. The lowest BCUT2D eigenvalue weighted by molar-refractivity contribution is 0.0956. The Morgan fingerprint density at radius 1 is 1.35 bits per heavy atom. The standard InChI is InChI=1S/C13H13F2N3OS/c1-6(2)10-11(12(19)18-16)20-13(17-10)9-7(14)4-3-5-8(9)15/h3-6H,16H2,1-2H3,(H,18,19). The fourth-order valence-corrected chi connectivity index (χ4v) is 2.93. The summed E-state index contributed by atoms with van der Waals surface area (Å²) >= 11 is 0.919. The highest BCUT2D eigenvalue weighted by Gasteiger charge is 2.23. The van der Waals surface area contributed by atoms with E-state index in [0.29, 0.717) is 5.69 Å². The van der Waals surface area contributed by atoms with E-state index in [2.05, 4.69) is 4.98 Å². The van der Waals surface area contributed by atoms with Gasteiger partial charge in [0.05, 0.1) is 11.3 Å². The smallest absolute Gasteiger partial charge is 0.277 e. The van der Waals surface area contributed by atoms with Gasteiger partial charge in [-0.15, -0.1) is 11.3 Å². The van der Waals surface area contributed by atoms with Crippen molar-refractivity contribution in [2.45, 2.75) is 19.8 Å². The van der Waals surface area contributed by atoms with Crippen LogP contribution in [0.3, 0.4) is 0 Å². The highest BCUT2D eigenvalue weighted by atomic mass is 32.1. The minimum atomic E-state index is -0.714. The molecule has 0 aliphatic rings. The molecular weight excluding hydrogens is 284 g/mol. The molecule has 0 unspecified atom stereocenters. The van der Waals surface area contributed by atoms with E-state index in [-0.39, 0.29) is 21.4 Å². The van der Waals surface area contributed by atoms with Crippen molar-refractivity contribution in [2.24, 2.45) is 5.84 Å². The van der Waals surface area contributed by atoms with Crippen LogP contribution in [0, 0.1) is 11.6 Å². The largest absolute Gasteiger partial charge is 0.289 e. The van der Waals surface area contributed by atoms with Crippen molar-refractivity contribution in [2.75, 3.05) is 0 Å². The fourth-order valence-electron chi connectivity index (χ4n) is 1.76. The Labute approximate surface area is 118 Å². The summed E-state index contributed by atoms with van der Waals surface area (Å²) in [6, 6.07) is 3.58. The molecular formula is C13H13F2N3OS. The van der Waals surface area contributed by atoms with E-state index in [1.54, 1.807) is 0 Å². The Bertz CT molecular complexity index is 635. The van der Waals surface area contributed by atoms with Gasteiger partial charge >= 0.3 is 0 Å². The number of hydrogen-bond acceptors (Lipinski definition) is 4. The van der Waals surface area contributed by atoms with Gasteiger partial charge in [-0.1, -0.05) is 19.9 Å². The molecule has 0 fully saturated rings. The van der Waals surface area contributed by atoms with Crippen LogP contribution in [-0.4, -0.2) is 10.9 Å². The summed E-state index contributed by atoms with van der Waals surface area (Å²) in [5, 5.41) is 0.128. The maximum absolute atomic E-state index is 13.8. The normalized spacial score (nSPS) is 10.9. The zero-order valence-electron chi connectivity index (χ0n) is 10.9. The topological polar surface area (TPSA) is 68.0 Å². The van der Waals surface area contributed by atoms with E-state index < -0.39 is 17.5 Å². The van der Waals surface area contributed by atoms with Gasteiger partial charge < -0.3 is 0 Å². The molecule has 2 aromatic rings. The van der Waals surface area contributed by atoms with Gasteiger partial charge in [-0.3, -0.25) is 10.2 Å². The van der Waals surface area contributed by atoms with Crippen LogP contribution >= 0.6 is 11.3 Å². The number of hydrogen-bond donors (Lipinski definition) is 2. The number of amides is 1. The van der Waals surface area contributed by atoms with Crippen molar-refractivity contribution >= 4 is 17.2 Å². The van der Waals surface area contributed by atoms with Gasteiger partial charge in [0.2, 0.25) is 0 Å². The van der Waals surface area contributed by atoms with Gasteiger partial charge in [0.15, 0.2) is 0 Å². The zero-order valence-corrected chi connectivity index (χ0v) is 11.7. The number of benzene rings is 1. The average Bonchev–Trinajstić information content (AvgIpc) is 2.82. The second-order valence-corrected chi connectivity index (χ2v) is 5.46. The number of hydrazine groups is 1. The maximum Gasteiger partial charge on any atom is 0.277 e. The molecule has 0 saturated carbocycles. The molecule has 106 valence electrons. The molecule has 0 aliphatic heterocycles. The zero-order chi connectivity index (χ0) is 14.9. The number of nitrogen functional groups attached to an aromatic ring is 1. The predicted molar refractivity (Wildman–Crippen MR) is 73.2 cm³/mol. The summed E-state index contributed by atoms with van der Waals surface area (Å²) in [6.45, 7) is 3.67. The van der Waals surface area contributed by atoms with Gasteiger partial charge in [-0.25, -0.2) is 19.6 Å². The minimum absolute atomic E-state index is 0.0675. The molecule has 0 bridgehead atoms. The van der Waals surface area contributed by atoms with Gasteiger partial charge in [-0.2, -0.15) is 0 Å². The van der Waals surface area contributed by atoms with Gasteiger partial charge in [0.25, 0.3) is 5.91 Å². The number of halogens is 2. The first kappa shape index (κ1) is 14.5. The quantitative estimate of drug-likeness (QED) is 0.520. The summed E-state index contributed by atoms with van der Waals surface area (Å²) in [7, 11) is 0. The van der Waals surface area contributed by atoms with E-state index in [1.165, 1.54) is 6.07 Å². The second-order valence-electron chi connectivity index (χ2n) is 4.46. The molecule has 0 atom stereocenters. The van der Waals surface area contributed by atoms with Crippen LogP contribution in [-0.2, 0) is 0 Å². The van der Waals surface area contributed by atoms with Crippen LogP contribution in [0.1, 0.15) is 35.1 Å². The van der Waals surface area contributed by atoms with Crippen molar-refractivity contribution in [3.63, 3.8) is 0 Å². The first-order valence-electron chi connectivity index (χ1n) is 5.91. The molecule has 1 amide bonds. The molecule has 4 nitrogen and oxygen atoms in total. The van der Waals surface area contributed by atoms with Crippen LogP contribution in [0.5, 0.6) is 0 Å². The van der Waals surface area contributed by atoms with Gasteiger partial charge in [0.1, 0.15) is 21.5 Å². The van der Waals surface area contributed by atoms with Crippen LogP contribution in [0.4, 0.5) is 8.78 Å². The summed E-state index contributed by atoms with van der Waals surface area (Å²) in [4.78, 5) is 16.2. The Hall–Kier alpha value is -1.86. The predicted octanol–water partition coefficient (Wildman–Crippen LogP) is 2.82. The Balaban J connectivity index is 2.62. The Morgan fingerprint density at radius 3 is 2.45 bits per heavy atom. The van der Waals surface area contributed by atoms with Crippen molar-refractivity contribution in [1.82, 2.24) is 10.4 Å². The molecule has 1 heterocycles. The lowest BCUT2D eigenvalue weighted by Gasteiger charge is -2.03. The lowest BCUT2D eigenvalue weighted by Crippen LogP contribution is -2.30. The number of nitrogens with two attached hydrogens (primary N) is 1. The summed E-state index contributed by atoms with van der Waals surface area (Å²) in [6.07, 6.45) is 0. The Kier molecular flexibility index (Phi) is 4.10. The average molecular weight is 297 g/mol. The van der Waals surface area contributed by atoms with Crippen LogP contribution in [0.15, 0.2) is 18.2 Å². The molecule has 3 N–H and O–H groups in total. The molecule has 2 rings (SSSR count). The van der Waals surface area contributed by atoms with Crippen molar-refractivity contribution in [3.8, 4) is 10.6 Å². The molecule has 0 saturated heterocycles. The third-order valence-electron chi connectivity index (χ3n) is 2.71. The second kappa shape index (κ2) is 5.64. The summed E-state index contributed by atoms with van der Waals surface area (Å²) < 4.78 is 27.5. The number of thiazole rings is 1. The fraction of sp³-hybridized carbons (Fsp3) is 0.231. The van der Waals surface area contributed by atoms with E-state index >= 15 is 0 Å². The van der Waals surface area contributed by atoms with Crippen LogP contribution in [0.25, 0.3) is 10.6 Å². The molecule has 7 heteroatoms. The highest BCUT2D eigenvalue weighted by molar-refractivity contribution is 7.17. The number of nitrogens with zero attached hydrogens (tertiary/aromatic N) is 1. The first-order chi connectivity index (χ1) is 9.45. The molecule has 0 aliphatic carbocycles. The summed E-state index contributed by atoms with van der Waals surface area (Å²) in [5.74, 6) is 3.10. The third kappa shape index (κ3) is 2.54. The Morgan fingerprint density at radius 2 is 1.95 bits per heavy atom. The SMILES string of the molecule is CC(C)c1nc(-c2c(F)cccc2F)sc1C(=O)NN. The van der Waals surface area contributed by atoms with E-state index in [4.69, 9.17) is 5.84 Å². The van der Waals surface area contributed by atoms with E-state index in [9.17, 15) is 13.6 Å². The lowest BCUT2D eigenvalue weighted by atomic mass is 10.1. The van der Waals surface area contributed by atoms with Crippen molar-refractivity contribution < 1.29 is 13.6 Å². The number of aromatic nitrogens is 1. The van der Waals surface area contributed by atoms with Crippen LogP contribution < -0.4 is 11.3 Å². The molecule has 0 radical (unpaired) electrons. The molecule has 1 aromatic carbocycles. The van der Waals surface area contributed by atoms with Crippen molar-refractivity contribution in [3.05, 3.63) is 40.4 Å².